The number of rotatable bonds is 2. The quantitative estimate of drug-likeness (QED) is 0.463. The lowest BCUT2D eigenvalue weighted by molar-refractivity contribution is 0.879. The largest absolute Gasteiger partial charge is 0.359 e. The van der Waals surface area contributed by atoms with E-state index in [0.29, 0.717) is 0 Å². The minimum atomic E-state index is 0. The number of hydrogen-bond donors (Lipinski definition) is 2. The highest BCUT2D eigenvalue weighted by Gasteiger charge is 1.98. The molecule has 0 saturated carbocycles. The predicted molar refractivity (Wildman–Crippen MR) is 76.7 cm³/mol. The SMILES string of the molecule is CN=C(NC)NCc1ccc(Br)s1.I. The molecule has 0 aliphatic heterocycles. The molecule has 80 valence electrons. The molecule has 3 nitrogen and oxygen atoms in total. The number of nitrogens with zero attached hydrogens (tertiary/aromatic N) is 1. The van der Waals surface area contributed by atoms with Crippen LogP contribution in [0.4, 0.5) is 0 Å². The molecule has 0 aromatic carbocycles. The fraction of sp³-hybridized carbons (Fsp3) is 0.375. The van der Waals surface area contributed by atoms with Crippen LogP contribution in [0, 0.1) is 0 Å². The Labute approximate surface area is 114 Å². The summed E-state index contributed by atoms with van der Waals surface area (Å²) in [6, 6.07) is 4.13. The molecule has 0 bridgehead atoms. The zero-order chi connectivity index (χ0) is 9.68. The summed E-state index contributed by atoms with van der Waals surface area (Å²) in [7, 11) is 3.60. The summed E-state index contributed by atoms with van der Waals surface area (Å²) in [5, 5.41) is 6.14. The van der Waals surface area contributed by atoms with Crippen molar-refractivity contribution in [1.29, 1.82) is 0 Å². The zero-order valence-corrected chi connectivity index (χ0v) is 12.7. The van der Waals surface area contributed by atoms with Gasteiger partial charge in [0.2, 0.25) is 0 Å². The Balaban J connectivity index is 0.00000169. The molecule has 1 rings (SSSR count). The van der Waals surface area contributed by atoms with Gasteiger partial charge in [0.05, 0.1) is 10.3 Å². The smallest absolute Gasteiger partial charge is 0.191 e. The van der Waals surface area contributed by atoms with Gasteiger partial charge >= 0.3 is 0 Å². The number of hydrogen-bond acceptors (Lipinski definition) is 2. The Morgan fingerprint density at radius 3 is 2.71 bits per heavy atom. The van der Waals surface area contributed by atoms with Gasteiger partial charge in [-0.1, -0.05) is 0 Å². The summed E-state index contributed by atoms with van der Waals surface area (Å²) >= 11 is 5.14. The summed E-state index contributed by atoms with van der Waals surface area (Å²) in [5.74, 6) is 0.810. The average molecular weight is 390 g/mol. The van der Waals surface area contributed by atoms with Crippen LogP contribution < -0.4 is 10.6 Å². The Morgan fingerprint density at radius 2 is 2.29 bits per heavy atom. The molecule has 0 spiro atoms. The Kier molecular flexibility index (Phi) is 7.56. The van der Waals surface area contributed by atoms with Gasteiger partial charge in [-0.15, -0.1) is 35.3 Å². The second-order valence-electron chi connectivity index (χ2n) is 2.38. The van der Waals surface area contributed by atoms with Crippen LogP contribution in [0.25, 0.3) is 0 Å². The van der Waals surface area contributed by atoms with Crippen LogP contribution >= 0.6 is 51.2 Å². The first-order chi connectivity index (χ1) is 6.26. The standard InChI is InChI=1S/C8H12BrN3S.HI/c1-10-8(11-2)12-5-6-3-4-7(9)13-6;/h3-4H,5H2,1-2H3,(H2,10,11,12);1H. The third kappa shape index (κ3) is 4.61. The van der Waals surface area contributed by atoms with Gasteiger partial charge in [-0.3, -0.25) is 4.99 Å². The van der Waals surface area contributed by atoms with E-state index in [1.807, 2.05) is 13.1 Å². The van der Waals surface area contributed by atoms with Crippen LogP contribution in [0.15, 0.2) is 20.9 Å². The zero-order valence-electron chi connectivity index (χ0n) is 8.00. The van der Waals surface area contributed by atoms with E-state index in [9.17, 15) is 0 Å². The van der Waals surface area contributed by atoms with Gasteiger partial charge < -0.3 is 10.6 Å². The summed E-state index contributed by atoms with van der Waals surface area (Å²) in [6.07, 6.45) is 0. The lowest BCUT2D eigenvalue weighted by Gasteiger charge is -2.06. The first kappa shape index (κ1) is 14.2. The first-order valence-electron chi connectivity index (χ1n) is 3.89. The number of guanidine groups is 1. The molecule has 0 saturated heterocycles. The second kappa shape index (κ2) is 7.47. The molecule has 0 amide bonds. The molecular weight excluding hydrogens is 377 g/mol. The van der Waals surface area contributed by atoms with Crippen LogP contribution in [0.5, 0.6) is 0 Å². The van der Waals surface area contributed by atoms with Crippen molar-refractivity contribution in [3.05, 3.63) is 20.8 Å². The molecule has 0 fully saturated rings. The molecule has 0 unspecified atom stereocenters. The van der Waals surface area contributed by atoms with Crippen molar-refractivity contribution in [2.24, 2.45) is 4.99 Å². The van der Waals surface area contributed by atoms with E-state index in [-0.39, 0.29) is 24.0 Å². The van der Waals surface area contributed by atoms with E-state index in [4.69, 9.17) is 0 Å². The molecule has 0 aliphatic carbocycles. The number of thiophene rings is 1. The molecule has 1 aromatic rings. The average Bonchev–Trinajstić information content (AvgIpc) is 2.53. The third-order valence-corrected chi connectivity index (χ3v) is 3.14. The monoisotopic (exact) mass is 389 g/mol. The van der Waals surface area contributed by atoms with Crippen molar-refractivity contribution in [2.75, 3.05) is 14.1 Å². The van der Waals surface area contributed by atoms with Crippen molar-refractivity contribution in [3.8, 4) is 0 Å². The van der Waals surface area contributed by atoms with Crippen molar-refractivity contribution in [1.82, 2.24) is 10.6 Å². The van der Waals surface area contributed by atoms with Crippen LogP contribution in [-0.4, -0.2) is 20.1 Å². The van der Waals surface area contributed by atoms with Gasteiger partial charge in [-0.25, -0.2) is 0 Å². The van der Waals surface area contributed by atoms with Gasteiger partial charge in [0.1, 0.15) is 0 Å². The Morgan fingerprint density at radius 1 is 1.57 bits per heavy atom. The van der Waals surface area contributed by atoms with E-state index >= 15 is 0 Å². The molecule has 1 heterocycles. The Hall–Kier alpha value is 0.180. The molecular formula is C8H13BrIN3S. The van der Waals surface area contributed by atoms with Crippen LogP contribution in [0.2, 0.25) is 0 Å². The molecule has 0 aliphatic rings. The minimum Gasteiger partial charge on any atom is -0.359 e. The summed E-state index contributed by atoms with van der Waals surface area (Å²) in [5.41, 5.74) is 0. The molecule has 0 radical (unpaired) electrons. The van der Waals surface area contributed by atoms with Gasteiger partial charge in [-0.05, 0) is 28.1 Å². The highest BCUT2D eigenvalue weighted by atomic mass is 127. The van der Waals surface area contributed by atoms with Crippen LogP contribution in [0.1, 0.15) is 4.88 Å². The number of nitrogens with one attached hydrogen (secondary N) is 2. The van der Waals surface area contributed by atoms with Gasteiger partial charge in [0, 0.05) is 19.0 Å². The van der Waals surface area contributed by atoms with Gasteiger partial charge in [-0.2, -0.15) is 0 Å². The predicted octanol–water partition coefficient (Wildman–Crippen LogP) is 2.42. The summed E-state index contributed by atoms with van der Waals surface area (Å²) in [4.78, 5) is 5.30. The van der Waals surface area contributed by atoms with Crippen molar-refractivity contribution in [3.63, 3.8) is 0 Å². The van der Waals surface area contributed by atoms with Crippen molar-refractivity contribution < 1.29 is 0 Å². The maximum atomic E-state index is 4.02. The fourth-order valence-corrected chi connectivity index (χ4v) is 2.32. The topological polar surface area (TPSA) is 36.4 Å². The fourth-order valence-electron chi connectivity index (χ4n) is 0.897. The van der Waals surface area contributed by atoms with Gasteiger partial charge in [0.25, 0.3) is 0 Å². The van der Waals surface area contributed by atoms with E-state index in [1.165, 1.54) is 4.88 Å². The molecule has 1 aromatic heterocycles. The normalized spacial score (nSPS) is 10.6. The highest BCUT2D eigenvalue weighted by Crippen LogP contribution is 2.21. The maximum Gasteiger partial charge on any atom is 0.191 e. The second-order valence-corrected chi connectivity index (χ2v) is 4.93. The third-order valence-electron chi connectivity index (χ3n) is 1.52. The highest BCUT2D eigenvalue weighted by molar-refractivity contribution is 14.0. The molecule has 6 heteroatoms. The van der Waals surface area contributed by atoms with E-state index < -0.39 is 0 Å². The minimum absolute atomic E-state index is 0. The lowest BCUT2D eigenvalue weighted by atomic mass is 10.5. The number of halogens is 2. The summed E-state index contributed by atoms with van der Waals surface area (Å²) in [6.45, 7) is 0.809. The van der Waals surface area contributed by atoms with E-state index in [2.05, 4.69) is 37.6 Å². The Bertz CT molecular complexity index is 301. The number of aliphatic imine (C=N–C) groups is 1. The van der Waals surface area contributed by atoms with Crippen LogP contribution in [0.3, 0.4) is 0 Å². The van der Waals surface area contributed by atoms with Crippen LogP contribution in [-0.2, 0) is 6.54 Å². The van der Waals surface area contributed by atoms with Crippen molar-refractivity contribution >= 4 is 57.2 Å². The van der Waals surface area contributed by atoms with E-state index in [1.54, 1.807) is 18.4 Å². The molecule has 0 atom stereocenters. The lowest BCUT2D eigenvalue weighted by Crippen LogP contribution is -2.33. The van der Waals surface area contributed by atoms with Crippen molar-refractivity contribution in [2.45, 2.75) is 6.54 Å². The molecule has 14 heavy (non-hydrogen) atoms. The maximum absolute atomic E-state index is 4.02. The first-order valence-corrected chi connectivity index (χ1v) is 5.50. The summed E-state index contributed by atoms with van der Waals surface area (Å²) < 4.78 is 1.16. The van der Waals surface area contributed by atoms with E-state index in [0.717, 1.165) is 16.3 Å². The molecule has 2 N–H and O–H groups in total. The van der Waals surface area contributed by atoms with Gasteiger partial charge in [0.15, 0.2) is 5.96 Å².